The molecule has 0 aliphatic rings. The Bertz CT molecular complexity index is 539. The first-order valence-electron chi connectivity index (χ1n) is 5.55. The zero-order chi connectivity index (χ0) is 13.0. The van der Waals surface area contributed by atoms with E-state index in [9.17, 15) is 4.79 Å². The van der Waals surface area contributed by atoms with Gasteiger partial charge in [-0.2, -0.15) is 5.10 Å². The molecule has 0 unspecified atom stereocenters. The van der Waals surface area contributed by atoms with Crippen molar-refractivity contribution < 1.29 is 4.79 Å². The molecule has 1 amide bonds. The molecule has 6 heteroatoms. The molecule has 0 radical (unpaired) electrons. The van der Waals surface area contributed by atoms with E-state index in [1.54, 1.807) is 16.9 Å². The number of rotatable bonds is 4. The highest BCUT2D eigenvalue weighted by Gasteiger charge is 2.06. The van der Waals surface area contributed by atoms with Gasteiger partial charge in [-0.05, 0) is 41.1 Å². The third kappa shape index (κ3) is 3.40. The van der Waals surface area contributed by atoms with Gasteiger partial charge in [-0.15, -0.1) is 0 Å². The van der Waals surface area contributed by atoms with E-state index in [1.165, 1.54) is 0 Å². The number of carbonyl (C=O) groups excluding carboxylic acids is 1. The van der Waals surface area contributed by atoms with Gasteiger partial charge in [0.15, 0.2) is 0 Å². The summed E-state index contributed by atoms with van der Waals surface area (Å²) in [6.07, 6.45) is 3.91. The van der Waals surface area contributed by atoms with Crippen LogP contribution in [-0.2, 0) is 11.3 Å². The zero-order valence-corrected chi connectivity index (χ0v) is 11.5. The third-order valence-corrected chi connectivity index (χ3v) is 2.89. The monoisotopic (exact) mass is 308 g/mol. The van der Waals surface area contributed by atoms with Gasteiger partial charge >= 0.3 is 0 Å². The number of nitrogens with zero attached hydrogens (tertiary/aromatic N) is 3. The van der Waals surface area contributed by atoms with Gasteiger partial charge in [-0.1, -0.05) is 0 Å². The van der Waals surface area contributed by atoms with Crippen molar-refractivity contribution in [2.75, 3.05) is 5.32 Å². The summed E-state index contributed by atoms with van der Waals surface area (Å²) >= 11 is 3.28. The van der Waals surface area contributed by atoms with Crippen LogP contribution in [0.15, 0.2) is 35.2 Å². The molecular formula is C12H13BrN4O. The fraction of sp³-hybridized carbons (Fsp3) is 0.250. The molecule has 2 rings (SSSR count). The molecule has 0 saturated carbocycles. The molecule has 0 spiro atoms. The van der Waals surface area contributed by atoms with E-state index in [4.69, 9.17) is 0 Å². The Morgan fingerprint density at radius 3 is 3.00 bits per heavy atom. The summed E-state index contributed by atoms with van der Waals surface area (Å²) < 4.78 is 2.49. The molecular weight excluding hydrogens is 296 g/mol. The second kappa shape index (κ2) is 5.77. The van der Waals surface area contributed by atoms with E-state index < -0.39 is 0 Å². The van der Waals surface area contributed by atoms with Gasteiger partial charge in [0.2, 0.25) is 5.91 Å². The molecule has 1 N–H and O–H groups in total. The van der Waals surface area contributed by atoms with Crippen LogP contribution in [0.3, 0.4) is 0 Å². The van der Waals surface area contributed by atoms with E-state index in [-0.39, 0.29) is 5.91 Å². The van der Waals surface area contributed by atoms with Crippen LogP contribution in [0.25, 0.3) is 0 Å². The third-order valence-electron chi connectivity index (χ3n) is 2.45. The molecule has 0 saturated heterocycles. The molecule has 0 aromatic carbocycles. The summed E-state index contributed by atoms with van der Waals surface area (Å²) in [5.74, 6) is -0.0438. The van der Waals surface area contributed by atoms with Crippen molar-refractivity contribution in [2.45, 2.75) is 19.9 Å². The van der Waals surface area contributed by atoms with E-state index >= 15 is 0 Å². The lowest BCUT2D eigenvalue weighted by Crippen LogP contribution is -2.15. The van der Waals surface area contributed by atoms with Crippen LogP contribution >= 0.6 is 15.9 Å². The average Bonchev–Trinajstić information content (AvgIpc) is 2.83. The lowest BCUT2D eigenvalue weighted by Gasteiger charge is -2.08. The number of aryl methyl sites for hydroxylation is 2. The van der Waals surface area contributed by atoms with Gasteiger partial charge in [0.25, 0.3) is 0 Å². The number of amides is 1. The first kappa shape index (κ1) is 12.8. The van der Waals surface area contributed by atoms with Crippen molar-refractivity contribution in [1.82, 2.24) is 14.8 Å². The van der Waals surface area contributed by atoms with Gasteiger partial charge in [-0.3, -0.25) is 9.48 Å². The Morgan fingerprint density at radius 1 is 1.50 bits per heavy atom. The topological polar surface area (TPSA) is 59.8 Å². The summed E-state index contributed by atoms with van der Waals surface area (Å²) in [4.78, 5) is 16.0. The predicted octanol–water partition coefficient (Wildman–Crippen LogP) is 2.38. The number of aromatic nitrogens is 3. The standard InChI is InChI=1S/C12H13BrN4O/c1-9-10(3-4-11(13)15-9)16-12(18)5-8-17-7-2-6-14-17/h2-4,6-7H,5,8H2,1H3,(H,16,18). The molecule has 0 bridgehead atoms. The van der Waals surface area contributed by atoms with Crippen molar-refractivity contribution >= 4 is 27.5 Å². The number of anilines is 1. The minimum atomic E-state index is -0.0438. The smallest absolute Gasteiger partial charge is 0.226 e. The zero-order valence-electron chi connectivity index (χ0n) is 9.93. The second-order valence-corrected chi connectivity index (χ2v) is 4.65. The summed E-state index contributed by atoms with van der Waals surface area (Å²) in [5.41, 5.74) is 1.53. The summed E-state index contributed by atoms with van der Waals surface area (Å²) in [6.45, 7) is 2.43. The van der Waals surface area contributed by atoms with Crippen molar-refractivity contribution in [3.63, 3.8) is 0 Å². The van der Waals surface area contributed by atoms with Gasteiger partial charge in [0.05, 0.1) is 11.4 Å². The Kier molecular flexibility index (Phi) is 4.09. The lowest BCUT2D eigenvalue weighted by molar-refractivity contribution is -0.116. The van der Waals surface area contributed by atoms with Gasteiger partial charge in [0, 0.05) is 25.4 Å². The molecule has 5 nitrogen and oxygen atoms in total. The summed E-state index contributed by atoms with van der Waals surface area (Å²) in [7, 11) is 0. The van der Waals surface area contributed by atoms with E-state index in [0.29, 0.717) is 13.0 Å². The average molecular weight is 309 g/mol. The lowest BCUT2D eigenvalue weighted by atomic mass is 10.3. The molecule has 2 aromatic rings. The van der Waals surface area contributed by atoms with Gasteiger partial charge in [0.1, 0.15) is 4.60 Å². The predicted molar refractivity (Wildman–Crippen MR) is 72.1 cm³/mol. The van der Waals surface area contributed by atoms with Gasteiger partial charge < -0.3 is 5.32 Å². The first-order chi connectivity index (χ1) is 8.65. The summed E-state index contributed by atoms with van der Waals surface area (Å²) in [5, 5.41) is 6.88. The van der Waals surface area contributed by atoms with Crippen LogP contribution in [0.4, 0.5) is 5.69 Å². The molecule has 0 aliphatic heterocycles. The quantitative estimate of drug-likeness (QED) is 0.882. The number of halogens is 1. The Labute approximate surface area is 113 Å². The molecule has 18 heavy (non-hydrogen) atoms. The minimum Gasteiger partial charge on any atom is -0.324 e. The van der Waals surface area contributed by atoms with E-state index in [0.717, 1.165) is 16.0 Å². The van der Waals surface area contributed by atoms with Crippen LogP contribution in [0.1, 0.15) is 12.1 Å². The van der Waals surface area contributed by atoms with Gasteiger partial charge in [-0.25, -0.2) is 4.98 Å². The van der Waals surface area contributed by atoms with Crippen molar-refractivity contribution in [3.05, 3.63) is 40.9 Å². The normalized spacial score (nSPS) is 10.3. The van der Waals surface area contributed by atoms with Crippen LogP contribution in [-0.4, -0.2) is 20.7 Å². The Balaban J connectivity index is 1.91. The molecule has 0 aliphatic carbocycles. The highest BCUT2D eigenvalue weighted by atomic mass is 79.9. The van der Waals surface area contributed by atoms with Crippen molar-refractivity contribution in [3.8, 4) is 0 Å². The highest BCUT2D eigenvalue weighted by molar-refractivity contribution is 9.10. The number of hydrogen-bond acceptors (Lipinski definition) is 3. The maximum atomic E-state index is 11.8. The van der Waals surface area contributed by atoms with Crippen LogP contribution in [0.5, 0.6) is 0 Å². The molecule has 2 aromatic heterocycles. The molecule has 94 valence electrons. The van der Waals surface area contributed by atoms with E-state index in [2.05, 4.69) is 31.3 Å². The van der Waals surface area contributed by atoms with Crippen LogP contribution in [0.2, 0.25) is 0 Å². The number of nitrogens with one attached hydrogen (secondary N) is 1. The van der Waals surface area contributed by atoms with E-state index in [1.807, 2.05) is 25.3 Å². The summed E-state index contributed by atoms with van der Waals surface area (Å²) in [6, 6.07) is 5.47. The van der Waals surface area contributed by atoms with Crippen LogP contribution in [0, 0.1) is 6.92 Å². The first-order valence-corrected chi connectivity index (χ1v) is 6.35. The number of carbonyl (C=O) groups is 1. The number of hydrogen-bond donors (Lipinski definition) is 1. The fourth-order valence-corrected chi connectivity index (χ4v) is 1.92. The Morgan fingerprint density at radius 2 is 2.33 bits per heavy atom. The molecule has 2 heterocycles. The minimum absolute atomic E-state index is 0.0438. The second-order valence-electron chi connectivity index (χ2n) is 3.83. The Hall–Kier alpha value is -1.69. The largest absolute Gasteiger partial charge is 0.324 e. The van der Waals surface area contributed by atoms with Crippen LogP contribution < -0.4 is 5.32 Å². The fourth-order valence-electron chi connectivity index (χ4n) is 1.52. The molecule has 0 fully saturated rings. The van der Waals surface area contributed by atoms with Crippen molar-refractivity contribution in [2.24, 2.45) is 0 Å². The molecule has 0 atom stereocenters. The highest BCUT2D eigenvalue weighted by Crippen LogP contribution is 2.16. The maximum Gasteiger partial charge on any atom is 0.226 e. The maximum absolute atomic E-state index is 11.8. The van der Waals surface area contributed by atoms with Crippen molar-refractivity contribution in [1.29, 1.82) is 0 Å². The SMILES string of the molecule is Cc1nc(Br)ccc1NC(=O)CCn1cccn1. The number of pyridine rings is 1.